The van der Waals surface area contributed by atoms with Crippen LogP contribution in [0.4, 0.5) is 0 Å². The van der Waals surface area contributed by atoms with Crippen molar-refractivity contribution in [1.82, 2.24) is 5.32 Å². The van der Waals surface area contributed by atoms with Crippen molar-refractivity contribution in [2.24, 2.45) is 0 Å². The van der Waals surface area contributed by atoms with Crippen molar-refractivity contribution in [3.05, 3.63) is 59.7 Å². The van der Waals surface area contributed by atoms with Crippen molar-refractivity contribution in [3.63, 3.8) is 0 Å². The lowest BCUT2D eigenvalue weighted by Crippen LogP contribution is -2.23. The molecule has 3 heteroatoms. The molecule has 0 bridgehead atoms. The van der Waals surface area contributed by atoms with E-state index in [4.69, 9.17) is 4.74 Å². The first kappa shape index (κ1) is 15.4. The van der Waals surface area contributed by atoms with Crippen molar-refractivity contribution < 1.29 is 9.84 Å². The van der Waals surface area contributed by atoms with Gasteiger partial charge in [-0.15, -0.1) is 0 Å². The van der Waals surface area contributed by atoms with Crippen molar-refractivity contribution in [2.45, 2.75) is 26.3 Å². The Kier molecular flexibility index (Phi) is 5.64. The molecular weight excluding hydrogens is 262 g/mol. The van der Waals surface area contributed by atoms with E-state index in [1.807, 2.05) is 37.3 Å². The second kappa shape index (κ2) is 7.70. The minimum Gasteiger partial charge on any atom is -0.508 e. The third-order valence-electron chi connectivity index (χ3n) is 3.42. The summed E-state index contributed by atoms with van der Waals surface area (Å²) in [4.78, 5) is 0. The van der Waals surface area contributed by atoms with Gasteiger partial charge >= 0.3 is 0 Å². The number of aromatic hydroxyl groups is 1. The van der Waals surface area contributed by atoms with Gasteiger partial charge in [0.05, 0.1) is 6.61 Å². The smallest absolute Gasteiger partial charge is 0.124 e. The Balaban J connectivity index is 2.24. The van der Waals surface area contributed by atoms with E-state index in [0.717, 1.165) is 18.7 Å². The van der Waals surface area contributed by atoms with Gasteiger partial charge in [0.15, 0.2) is 0 Å². The number of likely N-dealkylation sites (N-methyl/N-ethyl adjacent to an activating group) is 1. The number of ether oxygens (including phenoxy) is 1. The SMILES string of the molecule is CCNC(Cc1ccc(O)cc1)c1ccccc1OCC. The van der Waals surface area contributed by atoms with Gasteiger partial charge in [0.25, 0.3) is 0 Å². The van der Waals surface area contributed by atoms with Crippen molar-refractivity contribution in [3.8, 4) is 11.5 Å². The minimum absolute atomic E-state index is 0.197. The predicted octanol–water partition coefficient (Wildman–Crippen LogP) is 3.68. The summed E-state index contributed by atoms with van der Waals surface area (Å²) in [6, 6.07) is 15.7. The van der Waals surface area contributed by atoms with E-state index >= 15 is 0 Å². The maximum absolute atomic E-state index is 9.39. The molecule has 0 amide bonds. The molecule has 112 valence electrons. The summed E-state index contributed by atoms with van der Waals surface area (Å²) >= 11 is 0. The Morgan fingerprint density at radius 2 is 1.76 bits per heavy atom. The minimum atomic E-state index is 0.197. The Morgan fingerprint density at radius 3 is 2.43 bits per heavy atom. The van der Waals surface area contributed by atoms with Gasteiger partial charge in [-0.3, -0.25) is 0 Å². The van der Waals surface area contributed by atoms with Gasteiger partial charge in [0.2, 0.25) is 0 Å². The number of hydrogen-bond donors (Lipinski definition) is 2. The molecule has 0 fully saturated rings. The van der Waals surface area contributed by atoms with Crippen molar-refractivity contribution in [2.75, 3.05) is 13.2 Å². The molecule has 1 atom stereocenters. The Bertz CT molecular complexity index is 551. The fourth-order valence-electron chi connectivity index (χ4n) is 2.46. The van der Waals surface area contributed by atoms with Gasteiger partial charge in [0.1, 0.15) is 11.5 Å². The van der Waals surface area contributed by atoms with Crippen molar-refractivity contribution in [1.29, 1.82) is 0 Å². The highest BCUT2D eigenvalue weighted by Gasteiger charge is 2.15. The zero-order valence-corrected chi connectivity index (χ0v) is 12.7. The molecule has 2 N–H and O–H groups in total. The number of rotatable bonds is 7. The number of benzene rings is 2. The summed E-state index contributed by atoms with van der Waals surface area (Å²) in [6.45, 7) is 5.66. The maximum atomic E-state index is 9.39. The zero-order valence-electron chi connectivity index (χ0n) is 12.7. The Morgan fingerprint density at radius 1 is 1.05 bits per heavy atom. The van der Waals surface area contributed by atoms with E-state index in [1.54, 1.807) is 12.1 Å². The second-order valence-electron chi connectivity index (χ2n) is 4.95. The van der Waals surface area contributed by atoms with Gasteiger partial charge in [-0.1, -0.05) is 37.3 Å². The molecule has 0 aliphatic heterocycles. The van der Waals surface area contributed by atoms with Gasteiger partial charge in [0, 0.05) is 11.6 Å². The van der Waals surface area contributed by atoms with Crippen LogP contribution in [0.5, 0.6) is 11.5 Å². The maximum Gasteiger partial charge on any atom is 0.124 e. The summed E-state index contributed by atoms with van der Waals surface area (Å²) in [5.41, 5.74) is 2.36. The molecule has 21 heavy (non-hydrogen) atoms. The highest BCUT2D eigenvalue weighted by atomic mass is 16.5. The molecule has 2 aromatic rings. The summed E-state index contributed by atoms with van der Waals surface area (Å²) in [5, 5.41) is 12.9. The highest BCUT2D eigenvalue weighted by Crippen LogP contribution is 2.28. The number of hydrogen-bond acceptors (Lipinski definition) is 3. The van der Waals surface area contributed by atoms with Gasteiger partial charge in [-0.05, 0) is 43.7 Å². The lowest BCUT2D eigenvalue weighted by Gasteiger charge is -2.21. The van der Waals surface area contributed by atoms with E-state index in [2.05, 4.69) is 18.3 Å². The molecule has 0 saturated carbocycles. The molecule has 0 spiro atoms. The number of nitrogens with one attached hydrogen (secondary N) is 1. The van der Waals surface area contributed by atoms with E-state index in [9.17, 15) is 5.11 Å². The highest BCUT2D eigenvalue weighted by molar-refractivity contribution is 5.37. The predicted molar refractivity (Wildman–Crippen MR) is 85.8 cm³/mol. The lowest BCUT2D eigenvalue weighted by molar-refractivity contribution is 0.331. The first-order chi connectivity index (χ1) is 10.2. The van der Waals surface area contributed by atoms with E-state index < -0.39 is 0 Å². The van der Waals surface area contributed by atoms with E-state index in [1.165, 1.54) is 11.1 Å². The summed E-state index contributed by atoms with van der Waals surface area (Å²) in [6.07, 6.45) is 0.859. The molecule has 0 aliphatic carbocycles. The summed E-state index contributed by atoms with van der Waals surface area (Å²) in [5.74, 6) is 1.23. The fourth-order valence-corrected chi connectivity index (χ4v) is 2.46. The normalized spacial score (nSPS) is 12.1. The zero-order chi connectivity index (χ0) is 15.1. The number of phenolic OH excluding ortho intramolecular Hbond substituents is 1. The van der Waals surface area contributed by atoms with Crippen LogP contribution in [-0.2, 0) is 6.42 Å². The van der Waals surface area contributed by atoms with Crippen LogP contribution in [-0.4, -0.2) is 18.3 Å². The first-order valence-corrected chi connectivity index (χ1v) is 7.47. The average Bonchev–Trinajstić information content (AvgIpc) is 2.50. The molecule has 1 unspecified atom stereocenters. The van der Waals surface area contributed by atoms with Crippen LogP contribution in [0.2, 0.25) is 0 Å². The monoisotopic (exact) mass is 285 g/mol. The van der Waals surface area contributed by atoms with Crippen LogP contribution < -0.4 is 10.1 Å². The van der Waals surface area contributed by atoms with Crippen LogP contribution in [0.1, 0.15) is 31.0 Å². The molecule has 3 nitrogen and oxygen atoms in total. The molecule has 0 radical (unpaired) electrons. The summed E-state index contributed by atoms with van der Waals surface area (Å²) < 4.78 is 5.74. The van der Waals surface area contributed by atoms with Crippen LogP contribution in [0.3, 0.4) is 0 Å². The standard InChI is InChI=1S/C18H23NO2/c1-3-19-17(13-14-9-11-15(20)12-10-14)16-7-5-6-8-18(16)21-4-2/h5-12,17,19-20H,3-4,13H2,1-2H3. The first-order valence-electron chi connectivity index (χ1n) is 7.47. The van der Waals surface area contributed by atoms with Crippen LogP contribution >= 0.6 is 0 Å². The quantitative estimate of drug-likeness (QED) is 0.815. The average molecular weight is 285 g/mol. The van der Waals surface area contributed by atoms with Gasteiger partial charge < -0.3 is 15.2 Å². The lowest BCUT2D eigenvalue weighted by atomic mass is 9.98. The van der Waals surface area contributed by atoms with Gasteiger partial charge in [-0.2, -0.15) is 0 Å². The van der Waals surface area contributed by atoms with E-state index in [0.29, 0.717) is 12.4 Å². The number of para-hydroxylation sites is 1. The molecule has 2 aromatic carbocycles. The molecule has 2 rings (SSSR count). The Labute approximate surface area is 126 Å². The van der Waals surface area contributed by atoms with E-state index in [-0.39, 0.29) is 6.04 Å². The van der Waals surface area contributed by atoms with Crippen LogP contribution in [0, 0.1) is 0 Å². The Hall–Kier alpha value is -2.00. The molecule has 0 saturated heterocycles. The number of phenols is 1. The van der Waals surface area contributed by atoms with Crippen LogP contribution in [0.25, 0.3) is 0 Å². The third kappa shape index (κ3) is 4.23. The second-order valence-corrected chi connectivity index (χ2v) is 4.95. The molecule has 0 aliphatic rings. The topological polar surface area (TPSA) is 41.5 Å². The van der Waals surface area contributed by atoms with Gasteiger partial charge in [-0.25, -0.2) is 0 Å². The summed E-state index contributed by atoms with van der Waals surface area (Å²) in [7, 11) is 0. The molecular formula is C18H23NO2. The van der Waals surface area contributed by atoms with Crippen molar-refractivity contribution >= 4 is 0 Å². The van der Waals surface area contributed by atoms with Crippen LogP contribution in [0.15, 0.2) is 48.5 Å². The molecule has 0 heterocycles. The molecule has 0 aromatic heterocycles. The third-order valence-corrected chi connectivity index (χ3v) is 3.42. The fraction of sp³-hybridized carbons (Fsp3) is 0.333. The largest absolute Gasteiger partial charge is 0.508 e.